The van der Waals surface area contributed by atoms with E-state index in [4.69, 9.17) is 34.8 Å². The van der Waals surface area contributed by atoms with Crippen LogP contribution in [0.5, 0.6) is 0 Å². The first-order valence-corrected chi connectivity index (χ1v) is 13.2. The van der Waals surface area contributed by atoms with E-state index in [1.807, 2.05) is 97.9 Å². The SMILES string of the molecule is Cc1c(CNC(=O)Nc2ccccc2-c2ccccc2)cc(-c2ccc(Cl)cc2)n1-c1ccc(Cl)cc1Cl. The fourth-order valence-corrected chi connectivity index (χ4v) is 5.07. The number of nitrogens with zero attached hydrogens (tertiary/aromatic N) is 1. The van der Waals surface area contributed by atoms with E-state index in [9.17, 15) is 4.79 Å². The van der Waals surface area contributed by atoms with Gasteiger partial charge in [0.1, 0.15) is 0 Å². The monoisotopic (exact) mass is 559 g/mol. The van der Waals surface area contributed by atoms with E-state index < -0.39 is 0 Å². The molecule has 1 aromatic heterocycles. The number of carbonyl (C=O) groups is 1. The Labute approximate surface area is 236 Å². The Kier molecular flexibility index (Phi) is 7.75. The summed E-state index contributed by atoms with van der Waals surface area (Å²) in [5, 5.41) is 7.75. The van der Waals surface area contributed by atoms with Crippen molar-refractivity contribution >= 4 is 46.5 Å². The fourth-order valence-electron chi connectivity index (χ4n) is 4.45. The summed E-state index contributed by atoms with van der Waals surface area (Å²) in [5.74, 6) is 0. The van der Waals surface area contributed by atoms with Gasteiger partial charge in [-0.2, -0.15) is 0 Å². The van der Waals surface area contributed by atoms with Gasteiger partial charge in [0.15, 0.2) is 0 Å². The fraction of sp³-hybridized carbons (Fsp3) is 0.0645. The number of benzene rings is 4. The van der Waals surface area contributed by atoms with Crippen molar-refractivity contribution in [2.45, 2.75) is 13.5 Å². The second-order valence-electron chi connectivity index (χ2n) is 8.80. The average Bonchev–Trinajstić information content (AvgIpc) is 3.24. The summed E-state index contributed by atoms with van der Waals surface area (Å²) in [6, 6.07) is 32.5. The lowest BCUT2D eigenvalue weighted by Gasteiger charge is -2.15. The predicted octanol–water partition coefficient (Wildman–Crippen LogP) is 9.40. The highest BCUT2D eigenvalue weighted by Gasteiger charge is 2.18. The van der Waals surface area contributed by atoms with E-state index >= 15 is 0 Å². The molecule has 0 spiro atoms. The van der Waals surface area contributed by atoms with Crippen LogP contribution in [0.1, 0.15) is 11.3 Å². The highest BCUT2D eigenvalue weighted by Crippen LogP contribution is 2.34. The van der Waals surface area contributed by atoms with Gasteiger partial charge in [-0.05, 0) is 66.1 Å². The van der Waals surface area contributed by atoms with Gasteiger partial charge in [0.25, 0.3) is 0 Å². The van der Waals surface area contributed by atoms with Crippen LogP contribution < -0.4 is 10.6 Å². The third-order valence-corrected chi connectivity index (χ3v) is 7.13. The van der Waals surface area contributed by atoms with Crippen molar-refractivity contribution in [3.63, 3.8) is 0 Å². The van der Waals surface area contributed by atoms with E-state index in [1.165, 1.54) is 0 Å². The highest BCUT2D eigenvalue weighted by molar-refractivity contribution is 6.35. The van der Waals surface area contributed by atoms with Gasteiger partial charge in [-0.25, -0.2) is 4.79 Å². The Morgan fingerprint density at radius 1 is 0.763 bits per heavy atom. The molecule has 0 bridgehead atoms. The molecule has 2 amide bonds. The second-order valence-corrected chi connectivity index (χ2v) is 10.1. The molecule has 0 aliphatic heterocycles. The number of amides is 2. The third-order valence-electron chi connectivity index (χ3n) is 6.34. The molecule has 7 heteroatoms. The standard InChI is InChI=1S/C31H24Cl3N3O/c1-20-23(19-35-31(38)36-28-10-6-5-9-26(28)21-7-3-2-4-8-21)17-30(22-11-13-24(32)14-12-22)37(20)29-16-15-25(33)18-27(29)34/h2-18H,19H2,1H3,(H2,35,36,38). The van der Waals surface area contributed by atoms with Gasteiger partial charge >= 0.3 is 6.03 Å². The molecule has 0 unspecified atom stereocenters. The molecule has 5 rings (SSSR count). The van der Waals surface area contributed by atoms with Crippen molar-refractivity contribution in [1.82, 2.24) is 9.88 Å². The number of aromatic nitrogens is 1. The van der Waals surface area contributed by atoms with Crippen LogP contribution in [0.25, 0.3) is 28.1 Å². The van der Waals surface area contributed by atoms with Gasteiger partial charge in [0.05, 0.1) is 22.1 Å². The van der Waals surface area contributed by atoms with E-state index in [-0.39, 0.29) is 6.03 Å². The molecule has 0 aliphatic carbocycles. The Balaban J connectivity index is 1.43. The maximum Gasteiger partial charge on any atom is 0.319 e. The van der Waals surface area contributed by atoms with Crippen LogP contribution in [-0.2, 0) is 6.54 Å². The topological polar surface area (TPSA) is 46.1 Å². The lowest BCUT2D eigenvalue weighted by Crippen LogP contribution is -2.28. The molecular weight excluding hydrogens is 537 g/mol. The highest BCUT2D eigenvalue weighted by atomic mass is 35.5. The van der Waals surface area contributed by atoms with E-state index in [2.05, 4.69) is 21.3 Å². The molecule has 190 valence electrons. The van der Waals surface area contributed by atoms with Crippen molar-refractivity contribution in [1.29, 1.82) is 0 Å². The van der Waals surface area contributed by atoms with Crippen molar-refractivity contribution in [2.75, 3.05) is 5.32 Å². The Morgan fingerprint density at radius 3 is 2.18 bits per heavy atom. The summed E-state index contributed by atoms with van der Waals surface area (Å²) in [7, 11) is 0. The van der Waals surface area contributed by atoms with Crippen molar-refractivity contribution in [2.24, 2.45) is 0 Å². The number of halogens is 3. The molecule has 0 saturated heterocycles. The van der Waals surface area contributed by atoms with E-state index in [1.54, 1.807) is 6.07 Å². The molecule has 2 N–H and O–H groups in total. The minimum Gasteiger partial charge on any atom is -0.334 e. The molecule has 5 aromatic rings. The summed E-state index contributed by atoms with van der Waals surface area (Å²) in [6.45, 7) is 2.33. The minimum atomic E-state index is -0.293. The molecule has 0 fully saturated rings. The van der Waals surface area contributed by atoms with Crippen molar-refractivity contribution in [3.8, 4) is 28.1 Å². The lowest BCUT2D eigenvalue weighted by atomic mass is 10.0. The maximum absolute atomic E-state index is 13.0. The van der Waals surface area contributed by atoms with Crippen LogP contribution in [-0.4, -0.2) is 10.6 Å². The van der Waals surface area contributed by atoms with Gasteiger partial charge < -0.3 is 15.2 Å². The number of anilines is 1. The molecule has 38 heavy (non-hydrogen) atoms. The maximum atomic E-state index is 13.0. The number of rotatable bonds is 6. The molecule has 0 aliphatic rings. The summed E-state index contributed by atoms with van der Waals surface area (Å²) in [4.78, 5) is 13.0. The number of nitrogens with one attached hydrogen (secondary N) is 2. The number of hydrogen-bond acceptors (Lipinski definition) is 1. The summed E-state index contributed by atoms with van der Waals surface area (Å²) >= 11 is 18.9. The van der Waals surface area contributed by atoms with E-state index in [0.29, 0.717) is 21.6 Å². The van der Waals surface area contributed by atoms with Gasteiger partial charge in [-0.1, -0.05) is 95.5 Å². The quantitative estimate of drug-likeness (QED) is 0.213. The third kappa shape index (κ3) is 5.58. The van der Waals surface area contributed by atoms with Crippen LogP contribution in [0.4, 0.5) is 10.5 Å². The lowest BCUT2D eigenvalue weighted by molar-refractivity contribution is 0.251. The zero-order chi connectivity index (χ0) is 26.6. The largest absolute Gasteiger partial charge is 0.334 e. The molecule has 4 nitrogen and oxygen atoms in total. The predicted molar refractivity (Wildman–Crippen MR) is 159 cm³/mol. The first-order chi connectivity index (χ1) is 18.4. The van der Waals surface area contributed by atoms with Crippen LogP contribution in [0.2, 0.25) is 15.1 Å². The van der Waals surface area contributed by atoms with Crippen LogP contribution in [0, 0.1) is 6.92 Å². The van der Waals surface area contributed by atoms with Crippen LogP contribution >= 0.6 is 34.8 Å². The Bertz CT molecular complexity index is 1600. The summed E-state index contributed by atoms with van der Waals surface area (Å²) < 4.78 is 2.07. The first kappa shape index (κ1) is 25.9. The van der Waals surface area contributed by atoms with Gasteiger partial charge in [-0.15, -0.1) is 0 Å². The second kappa shape index (κ2) is 11.4. The number of carbonyl (C=O) groups excluding carboxylic acids is 1. The molecule has 0 saturated carbocycles. The summed E-state index contributed by atoms with van der Waals surface area (Å²) in [5.41, 5.74) is 7.31. The summed E-state index contributed by atoms with van der Waals surface area (Å²) in [6.07, 6.45) is 0. The number of hydrogen-bond donors (Lipinski definition) is 2. The normalized spacial score (nSPS) is 10.8. The number of urea groups is 1. The average molecular weight is 561 g/mol. The van der Waals surface area contributed by atoms with Crippen molar-refractivity contribution in [3.05, 3.63) is 129 Å². The van der Waals surface area contributed by atoms with Crippen LogP contribution in [0.3, 0.4) is 0 Å². The number of para-hydroxylation sites is 1. The Hall–Kier alpha value is -3.70. The van der Waals surface area contributed by atoms with Gasteiger partial charge in [-0.3, -0.25) is 0 Å². The molecule has 0 atom stereocenters. The molecule has 4 aromatic carbocycles. The zero-order valence-corrected chi connectivity index (χ0v) is 22.8. The van der Waals surface area contributed by atoms with E-state index in [0.717, 1.165) is 45.0 Å². The van der Waals surface area contributed by atoms with Crippen molar-refractivity contribution < 1.29 is 4.79 Å². The van der Waals surface area contributed by atoms with Crippen LogP contribution in [0.15, 0.2) is 103 Å². The molecular formula is C31H24Cl3N3O. The first-order valence-electron chi connectivity index (χ1n) is 12.0. The van der Waals surface area contributed by atoms with Gasteiger partial charge in [0, 0.05) is 27.8 Å². The zero-order valence-electron chi connectivity index (χ0n) is 20.5. The Morgan fingerprint density at radius 2 is 1.45 bits per heavy atom. The smallest absolute Gasteiger partial charge is 0.319 e. The molecule has 0 radical (unpaired) electrons. The molecule has 1 heterocycles. The minimum absolute atomic E-state index is 0.293. The van der Waals surface area contributed by atoms with Gasteiger partial charge in [0.2, 0.25) is 0 Å².